The fraction of sp³-hybridized carbons (Fsp3) is 0.769. The number of hydrogen-bond donors (Lipinski definition) is 2. The van der Waals surface area contributed by atoms with Crippen LogP contribution < -0.4 is 11.3 Å². The molecule has 1 rings (SSSR count). The van der Waals surface area contributed by atoms with Crippen LogP contribution in [0.3, 0.4) is 0 Å². The first-order valence-corrected chi connectivity index (χ1v) is 6.93. The zero-order valence-electron chi connectivity index (χ0n) is 12.8. The summed E-state index contributed by atoms with van der Waals surface area (Å²) in [6.45, 7) is 7.44. The Labute approximate surface area is 125 Å². The summed E-state index contributed by atoms with van der Waals surface area (Å²) in [7, 11) is 3.32. The van der Waals surface area contributed by atoms with Gasteiger partial charge < -0.3 is 9.47 Å². The monoisotopic (exact) mass is 304 g/mol. The average molecular weight is 305 g/mol. The molecule has 6 nitrogen and oxygen atoms in total. The zero-order valence-corrected chi connectivity index (χ0v) is 13.6. The smallest absolute Gasteiger partial charge is 0.0910 e. The molecule has 0 aliphatic heterocycles. The van der Waals surface area contributed by atoms with Gasteiger partial charge in [-0.25, -0.2) is 5.43 Å². The molecule has 0 saturated carbocycles. The highest BCUT2D eigenvalue weighted by atomic mass is 35.5. The lowest BCUT2D eigenvalue weighted by Gasteiger charge is -2.36. The molecule has 0 bridgehead atoms. The lowest BCUT2D eigenvalue weighted by molar-refractivity contribution is -0.0143. The van der Waals surface area contributed by atoms with E-state index in [1.54, 1.807) is 25.1 Å². The van der Waals surface area contributed by atoms with Gasteiger partial charge in [-0.05, 0) is 5.41 Å². The number of ether oxygens (including phenoxy) is 2. The molecule has 20 heavy (non-hydrogen) atoms. The van der Waals surface area contributed by atoms with Crippen molar-refractivity contribution in [3.05, 3.63) is 16.9 Å². The molecule has 2 unspecified atom stereocenters. The van der Waals surface area contributed by atoms with Crippen molar-refractivity contribution in [3.8, 4) is 0 Å². The van der Waals surface area contributed by atoms with E-state index in [9.17, 15) is 0 Å². The van der Waals surface area contributed by atoms with Crippen molar-refractivity contribution in [2.75, 3.05) is 20.8 Å². The number of aromatic nitrogens is 2. The molecule has 116 valence electrons. The summed E-state index contributed by atoms with van der Waals surface area (Å²) in [5, 5.41) is 4.84. The van der Waals surface area contributed by atoms with Crippen LogP contribution in [-0.2, 0) is 16.0 Å². The summed E-state index contributed by atoms with van der Waals surface area (Å²) in [6, 6.07) is -0.258. The number of nitrogens with two attached hydrogens (primary N) is 1. The van der Waals surface area contributed by atoms with E-state index in [1.807, 2.05) is 0 Å². The highest BCUT2D eigenvalue weighted by Gasteiger charge is 2.36. The van der Waals surface area contributed by atoms with E-state index in [1.165, 1.54) is 0 Å². The zero-order chi connectivity index (χ0) is 15.3. The fourth-order valence-electron chi connectivity index (χ4n) is 2.34. The minimum absolute atomic E-state index is 0.106. The molecule has 0 spiro atoms. The molecule has 1 heterocycles. The molecular weight excluding hydrogens is 280 g/mol. The van der Waals surface area contributed by atoms with Gasteiger partial charge in [0.25, 0.3) is 0 Å². The Bertz CT molecular complexity index is 417. The molecule has 0 radical (unpaired) electrons. The number of hydrogen-bond acceptors (Lipinski definition) is 5. The molecule has 2 atom stereocenters. The van der Waals surface area contributed by atoms with Gasteiger partial charge in [0.15, 0.2) is 0 Å². The van der Waals surface area contributed by atoms with Crippen LogP contribution in [0.1, 0.15) is 32.5 Å². The minimum Gasteiger partial charge on any atom is -0.383 e. The second-order valence-electron chi connectivity index (χ2n) is 5.76. The van der Waals surface area contributed by atoms with E-state index >= 15 is 0 Å². The number of methoxy groups -OCH3 is 2. The quantitative estimate of drug-likeness (QED) is 0.593. The highest BCUT2D eigenvalue weighted by Crippen LogP contribution is 2.34. The predicted molar refractivity (Wildman–Crippen MR) is 79.4 cm³/mol. The second kappa shape index (κ2) is 7.38. The van der Waals surface area contributed by atoms with Crippen LogP contribution >= 0.6 is 11.6 Å². The van der Waals surface area contributed by atoms with Crippen LogP contribution in [0.15, 0.2) is 6.20 Å². The van der Waals surface area contributed by atoms with Crippen LogP contribution in [0.5, 0.6) is 0 Å². The Morgan fingerprint density at radius 2 is 2.10 bits per heavy atom. The van der Waals surface area contributed by atoms with Gasteiger partial charge in [-0.15, -0.1) is 0 Å². The first-order valence-electron chi connectivity index (χ1n) is 6.55. The molecule has 0 aromatic carbocycles. The molecular formula is C13H25ClN4O2. The number of nitrogens with zero attached hydrogens (tertiary/aromatic N) is 2. The van der Waals surface area contributed by atoms with Crippen molar-refractivity contribution in [2.24, 2.45) is 11.3 Å². The lowest BCUT2D eigenvalue weighted by atomic mass is 9.83. The van der Waals surface area contributed by atoms with Crippen molar-refractivity contribution in [3.63, 3.8) is 0 Å². The largest absolute Gasteiger partial charge is 0.383 e. The van der Waals surface area contributed by atoms with E-state index in [-0.39, 0.29) is 17.6 Å². The average Bonchev–Trinajstić information content (AvgIpc) is 2.73. The van der Waals surface area contributed by atoms with Crippen molar-refractivity contribution in [1.29, 1.82) is 0 Å². The van der Waals surface area contributed by atoms with Gasteiger partial charge in [0.05, 0.1) is 42.2 Å². The van der Waals surface area contributed by atoms with Gasteiger partial charge >= 0.3 is 0 Å². The summed E-state index contributed by atoms with van der Waals surface area (Å²) in [5.74, 6) is 5.74. The van der Waals surface area contributed by atoms with E-state index < -0.39 is 0 Å². The maximum absolute atomic E-state index is 6.27. The second-order valence-corrected chi connectivity index (χ2v) is 6.17. The van der Waals surface area contributed by atoms with Crippen molar-refractivity contribution in [1.82, 2.24) is 15.2 Å². The van der Waals surface area contributed by atoms with Crippen LogP contribution in [0, 0.1) is 5.41 Å². The van der Waals surface area contributed by atoms with Crippen LogP contribution in [-0.4, -0.2) is 36.7 Å². The molecule has 0 amide bonds. The third kappa shape index (κ3) is 3.93. The van der Waals surface area contributed by atoms with Crippen LogP contribution in [0.4, 0.5) is 0 Å². The minimum atomic E-state index is -0.258. The topological polar surface area (TPSA) is 74.3 Å². The molecule has 0 aliphatic rings. The van der Waals surface area contributed by atoms with Gasteiger partial charge in [-0.2, -0.15) is 5.10 Å². The van der Waals surface area contributed by atoms with Gasteiger partial charge in [-0.1, -0.05) is 32.4 Å². The molecule has 0 aliphatic carbocycles. The van der Waals surface area contributed by atoms with Gasteiger partial charge in [-0.3, -0.25) is 10.5 Å². The fourth-order valence-corrected chi connectivity index (χ4v) is 2.60. The summed E-state index contributed by atoms with van der Waals surface area (Å²) in [5.41, 5.74) is 3.52. The normalized spacial score (nSPS) is 15.3. The first-order chi connectivity index (χ1) is 9.36. The Morgan fingerprint density at radius 1 is 1.45 bits per heavy atom. The van der Waals surface area contributed by atoms with E-state index in [0.717, 1.165) is 5.69 Å². The van der Waals surface area contributed by atoms with Crippen molar-refractivity contribution < 1.29 is 9.47 Å². The van der Waals surface area contributed by atoms with Crippen LogP contribution in [0.25, 0.3) is 0 Å². The summed E-state index contributed by atoms with van der Waals surface area (Å²) in [4.78, 5) is 0. The van der Waals surface area contributed by atoms with E-state index in [0.29, 0.717) is 18.2 Å². The molecule has 1 aromatic rings. The predicted octanol–water partition coefficient (Wildman–Crippen LogP) is 1.75. The van der Waals surface area contributed by atoms with Crippen LogP contribution in [0.2, 0.25) is 5.02 Å². The van der Waals surface area contributed by atoms with Gasteiger partial charge in [0.1, 0.15) is 0 Å². The Morgan fingerprint density at radius 3 is 2.55 bits per heavy atom. The Balaban J connectivity index is 3.14. The SMILES string of the molecule is COCCn1ncc(Cl)c1C(NN)C(OC)C(C)(C)C. The number of rotatable bonds is 7. The molecule has 7 heteroatoms. The third-order valence-electron chi connectivity index (χ3n) is 3.22. The van der Waals surface area contributed by atoms with Crippen molar-refractivity contribution in [2.45, 2.75) is 39.5 Å². The lowest BCUT2D eigenvalue weighted by Crippen LogP contribution is -2.45. The summed E-state index contributed by atoms with van der Waals surface area (Å²) >= 11 is 6.27. The number of halogens is 1. The summed E-state index contributed by atoms with van der Waals surface area (Å²) in [6.07, 6.45) is 1.47. The molecule has 0 saturated heterocycles. The van der Waals surface area contributed by atoms with Gasteiger partial charge in [0, 0.05) is 14.2 Å². The Hall–Kier alpha value is -0.660. The highest BCUT2D eigenvalue weighted by molar-refractivity contribution is 6.31. The number of nitrogens with one attached hydrogen (secondary N) is 1. The van der Waals surface area contributed by atoms with E-state index in [2.05, 4.69) is 31.3 Å². The summed E-state index contributed by atoms with van der Waals surface area (Å²) < 4.78 is 12.5. The molecule has 1 aromatic heterocycles. The standard InChI is InChI=1S/C13H25ClN4O2/c1-13(2,3)12(20-5)10(17-15)11-9(14)8-16-18(11)6-7-19-4/h8,10,12,17H,6-7,15H2,1-5H3. The third-order valence-corrected chi connectivity index (χ3v) is 3.52. The Kier molecular flexibility index (Phi) is 6.42. The maximum Gasteiger partial charge on any atom is 0.0910 e. The van der Waals surface area contributed by atoms with Crippen molar-refractivity contribution >= 4 is 11.6 Å². The van der Waals surface area contributed by atoms with Gasteiger partial charge in [0.2, 0.25) is 0 Å². The maximum atomic E-state index is 6.27. The van der Waals surface area contributed by atoms with E-state index in [4.69, 9.17) is 26.9 Å². The number of hydrazine groups is 1. The molecule has 0 fully saturated rings. The first kappa shape index (κ1) is 17.4. The molecule has 3 N–H and O–H groups in total.